The van der Waals surface area contributed by atoms with Crippen molar-refractivity contribution in [2.24, 2.45) is 5.73 Å². The number of hydrogen-bond acceptors (Lipinski definition) is 5. The summed E-state index contributed by atoms with van der Waals surface area (Å²) in [6.45, 7) is 2.35. The third-order valence-corrected chi connectivity index (χ3v) is 5.02. The fourth-order valence-electron chi connectivity index (χ4n) is 2.72. The fraction of sp³-hybridized carbons (Fsp3) is 0.136. The molecule has 30 heavy (non-hydrogen) atoms. The monoisotopic (exact) mass is 422 g/mol. The van der Waals surface area contributed by atoms with Crippen LogP contribution < -0.4 is 20.7 Å². The molecule has 0 aliphatic carbocycles. The van der Waals surface area contributed by atoms with E-state index in [4.69, 9.17) is 10.5 Å². The summed E-state index contributed by atoms with van der Waals surface area (Å²) in [6.07, 6.45) is 2.91. The molecule has 3 amide bonds. The molecule has 3 aromatic rings. The molecule has 0 spiro atoms. The molecular weight excluding hydrogens is 400 g/mol. The van der Waals surface area contributed by atoms with E-state index in [9.17, 15) is 9.59 Å². The summed E-state index contributed by atoms with van der Waals surface area (Å²) in [5.41, 5.74) is 8.29. The van der Waals surface area contributed by atoms with Gasteiger partial charge in [-0.3, -0.25) is 4.79 Å². The molecule has 7 nitrogen and oxygen atoms in total. The van der Waals surface area contributed by atoms with Gasteiger partial charge in [-0.1, -0.05) is 12.1 Å². The minimum atomic E-state index is -0.517. The molecule has 0 aliphatic heterocycles. The second-order valence-electron chi connectivity index (χ2n) is 6.24. The summed E-state index contributed by atoms with van der Waals surface area (Å²) in [6, 6.07) is 14.5. The predicted octanol–water partition coefficient (Wildman–Crippen LogP) is 4.18. The number of nitrogens with one attached hydrogen (secondary N) is 1. The zero-order valence-corrected chi connectivity index (χ0v) is 17.5. The number of anilines is 2. The Morgan fingerprint density at radius 1 is 1.17 bits per heavy atom. The molecule has 0 atom stereocenters. The highest BCUT2D eigenvalue weighted by atomic mass is 32.1. The SMILES string of the molecule is CCNC(=O)N(c1ccc(C=CC(N)=O)cc1)c1nc(-c2ccc(OC)cc2)cs1. The molecule has 0 saturated heterocycles. The van der Waals surface area contributed by atoms with E-state index in [1.54, 1.807) is 37.5 Å². The number of carbonyl (C=O) groups excluding carboxylic acids is 2. The average molecular weight is 423 g/mol. The Morgan fingerprint density at radius 2 is 1.87 bits per heavy atom. The zero-order valence-electron chi connectivity index (χ0n) is 16.7. The molecule has 0 fully saturated rings. The maximum atomic E-state index is 12.8. The third kappa shape index (κ3) is 5.03. The highest BCUT2D eigenvalue weighted by Crippen LogP contribution is 2.33. The van der Waals surface area contributed by atoms with E-state index in [0.29, 0.717) is 17.4 Å². The summed E-state index contributed by atoms with van der Waals surface area (Å²) in [5, 5.41) is 5.28. The van der Waals surface area contributed by atoms with Crippen molar-refractivity contribution in [3.8, 4) is 17.0 Å². The molecular formula is C22H22N4O3S. The van der Waals surface area contributed by atoms with Crippen molar-refractivity contribution in [2.45, 2.75) is 6.92 Å². The Morgan fingerprint density at radius 3 is 2.47 bits per heavy atom. The van der Waals surface area contributed by atoms with Gasteiger partial charge in [0.25, 0.3) is 0 Å². The Kier molecular flexibility index (Phi) is 6.82. The van der Waals surface area contributed by atoms with E-state index in [-0.39, 0.29) is 6.03 Å². The largest absolute Gasteiger partial charge is 0.497 e. The quantitative estimate of drug-likeness (QED) is 0.558. The first-order valence-electron chi connectivity index (χ1n) is 9.27. The maximum Gasteiger partial charge on any atom is 0.328 e. The Balaban J connectivity index is 1.91. The van der Waals surface area contributed by atoms with Crippen LogP contribution in [0.5, 0.6) is 5.75 Å². The van der Waals surface area contributed by atoms with Crippen LogP contribution in [0.15, 0.2) is 60.0 Å². The first kappa shape index (κ1) is 21.1. The molecule has 0 radical (unpaired) electrons. The number of methoxy groups -OCH3 is 1. The van der Waals surface area contributed by atoms with Crippen LogP contribution in [0.25, 0.3) is 17.3 Å². The molecule has 0 saturated carbocycles. The van der Waals surface area contributed by atoms with Gasteiger partial charge in [0.15, 0.2) is 5.13 Å². The second-order valence-corrected chi connectivity index (χ2v) is 7.08. The number of primary amides is 1. The van der Waals surface area contributed by atoms with Gasteiger partial charge in [-0.05, 0) is 55.0 Å². The second kappa shape index (κ2) is 9.71. The highest BCUT2D eigenvalue weighted by Gasteiger charge is 2.21. The number of amides is 3. The van der Waals surface area contributed by atoms with Crippen LogP contribution in [0.1, 0.15) is 12.5 Å². The highest BCUT2D eigenvalue weighted by molar-refractivity contribution is 7.14. The van der Waals surface area contributed by atoms with Crippen molar-refractivity contribution in [2.75, 3.05) is 18.6 Å². The van der Waals surface area contributed by atoms with Crippen molar-refractivity contribution in [1.82, 2.24) is 10.3 Å². The normalized spacial score (nSPS) is 10.7. The molecule has 1 heterocycles. The minimum absolute atomic E-state index is 0.270. The van der Waals surface area contributed by atoms with Gasteiger partial charge in [-0.2, -0.15) is 0 Å². The summed E-state index contributed by atoms with van der Waals surface area (Å²) in [5.74, 6) is 0.250. The van der Waals surface area contributed by atoms with Crippen LogP contribution in [-0.4, -0.2) is 30.6 Å². The molecule has 1 aromatic heterocycles. The third-order valence-electron chi connectivity index (χ3n) is 4.19. The number of hydrogen-bond donors (Lipinski definition) is 2. The van der Waals surface area contributed by atoms with E-state index in [1.807, 2.05) is 36.6 Å². The Hall–Kier alpha value is -3.65. The molecule has 3 N–H and O–H groups in total. The standard InChI is InChI=1S/C22H22N4O3S/c1-3-24-21(28)26(17-9-4-15(5-10-17)6-13-20(23)27)22-25-19(14-30-22)16-7-11-18(29-2)12-8-16/h4-14H,3H2,1-2H3,(H2,23,27)(H,24,28). The summed E-state index contributed by atoms with van der Waals surface area (Å²) < 4.78 is 5.20. The smallest absolute Gasteiger partial charge is 0.328 e. The van der Waals surface area contributed by atoms with Crippen molar-refractivity contribution in [1.29, 1.82) is 0 Å². The van der Waals surface area contributed by atoms with E-state index in [0.717, 1.165) is 22.6 Å². The molecule has 0 unspecified atom stereocenters. The average Bonchev–Trinajstić information content (AvgIpc) is 3.23. The first-order valence-corrected chi connectivity index (χ1v) is 10.1. The van der Waals surface area contributed by atoms with Crippen LogP contribution in [0.3, 0.4) is 0 Å². The molecule has 154 valence electrons. The van der Waals surface area contributed by atoms with Gasteiger partial charge in [-0.15, -0.1) is 11.3 Å². The maximum absolute atomic E-state index is 12.8. The van der Waals surface area contributed by atoms with Crippen LogP contribution in [0.2, 0.25) is 0 Å². The first-order chi connectivity index (χ1) is 14.5. The molecule has 8 heteroatoms. The lowest BCUT2D eigenvalue weighted by Gasteiger charge is -2.20. The van der Waals surface area contributed by atoms with E-state index >= 15 is 0 Å². The number of nitrogens with zero attached hydrogens (tertiary/aromatic N) is 2. The van der Waals surface area contributed by atoms with Gasteiger partial charge in [0, 0.05) is 23.6 Å². The Bertz CT molecular complexity index is 1040. The lowest BCUT2D eigenvalue weighted by Crippen LogP contribution is -2.36. The van der Waals surface area contributed by atoms with Gasteiger partial charge in [0.2, 0.25) is 5.91 Å². The van der Waals surface area contributed by atoms with Crippen molar-refractivity contribution in [3.05, 3.63) is 65.6 Å². The van der Waals surface area contributed by atoms with Gasteiger partial charge >= 0.3 is 6.03 Å². The van der Waals surface area contributed by atoms with E-state index in [2.05, 4.69) is 10.3 Å². The molecule has 2 aromatic carbocycles. The van der Waals surface area contributed by atoms with Gasteiger partial charge in [0.05, 0.1) is 18.5 Å². The number of rotatable bonds is 7. The molecule has 3 rings (SSSR count). The summed E-state index contributed by atoms with van der Waals surface area (Å²) in [4.78, 5) is 29.9. The number of ether oxygens (including phenoxy) is 1. The number of benzene rings is 2. The van der Waals surface area contributed by atoms with E-state index in [1.165, 1.54) is 22.3 Å². The Labute approximate surface area is 178 Å². The van der Waals surface area contributed by atoms with Crippen molar-refractivity contribution >= 4 is 40.2 Å². The predicted molar refractivity (Wildman–Crippen MR) is 120 cm³/mol. The topological polar surface area (TPSA) is 97.6 Å². The van der Waals surface area contributed by atoms with Gasteiger partial charge < -0.3 is 15.8 Å². The number of aromatic nitrogens is 1. The number of nitrogens with two attached hydrogens (primary N) is 1. The minimum Gasteiger partial charge on any atom is -0.497 e. The van der Waals surface area contributed by atoms with Crippen molar-refractivity contribution in [3.63, 3.8) is 0 Å². The van der Waals surface area contributed by atoms with Crippen LogP contribution >= 0.6 is 11.3 Å². The molecule has 0 bridgehead atoms. The zero-order chi connectivity index (χ0) is 21.5. The van der Waals surface area contributed by atoms with Gasteiger partial charge in [0.1, 0.15) is 5.75 Å². The van der Waals surface area contributed by atoms with Crippen LogP contribution in [0.4, 0.5) is 15.6 Å². The summed E-state index contributed by atoms with van der Waals surface area (Å²) in [7, 11) is 1.62. The van der Waals surface area contributed by atoms with Crippen LogP contribution in [0, 0.1) is 0 Å². The fourth-order valence-corrected chi connectivity index (χ4v) is 3.57. The lowest BCUT2D eigenvalue weighted by molar-refractivity contribution is -0.113. The van der Waals surface area contributed by atoms with E-state index < -0.39 is 5.91 Å². The van der Waals surface area contributed by atoms with Crippen molar-refractivity contribution < 1.29 is 14.3 Å². The summed E-state index contributed by atoms with van der Waals surface area (Å²) >= 11 is 1.38. The lowest BCUT2D eigenvalue weighted by atomic mass is 10.2. The van der Waals surface area contributed by atoms with Gasteiger partial charge in [-0.25, -0.2) is 14.7 Å². The number of thiazole rings is 1. The molecule has 0 aliphatic rings. The van der Waals surface area contributed by atoms with Crippen LogP contribution in [-0.2, 0) is 4.79 Å². The number of urea groups is 1. The number of carbonyl (C=O) groups is 2.